The summed E-state index contributed by atoms with van der Waals surface area (Å²) < 4.78 is 0. The second-order valence-electron chi connectivity index (χ2n) is 8.53. The number of nitrogens with one attached hydrogen (secondary N) is 1. The maximum absolute atomic E-state index is 3.86. The van der Waals surface area contributed by atoms with Crippen molar-refractivity contribution in [2.45, 2.75) is 64.1 Å². The first kappa shape index (κ1) is 15.7. The molecule has 0 spiro atoms. The molecule has 1 saturated heterocycles. The van der Waals surface area contributed by atoms with Crippen molar-refractivity contribution in [3.63, 3.8) is 0 Å². The van der Waals surface area contributed by atoms with Crippen LogP contribution in [-0.2, 0) is 6.54 Å². The van der Waals surface area contributed by atoms with E-state index in [9.17, 15) is 0 Å². The Balaban J connectivity index is 1.34. The summed E-state index contributed by atoms with van der Waals surface area (Å²) in [5.41, 5.74) is 1.42. The molecule has 2 nitrogen and oxygen atoms in total. The molecule has 1 aromatic carbocycles. The maximum atomic E-state index is 3.86. The van der Waals surface area contributed by atoms with Gasteiger partial charge in [-0.05, 0) is 49.0 Å². The van der Waals surface area contributed by atoms with E-state index in [0.29, 0.717) is 6.04 Å². The van der Waals surface area contributed by atoms with Gasteiger partial charge >= 0.3 is 0 Å². The second-order valence-corrected chi connectivity index (χ2v) is 8.53. The summed E-state index contributed by atoms with van der Waals surface area (Å²) in [6, 6.07) is 12.4. The van der Waals surface area contributed by atoms with Crippen LogP contribution in [0.3, 0.4) is 0 Å². The van der Waals surface area contributed by atoms with Gasteiger partial charge in [-0.25, -0.2) is 0 Å². The van der Waals surface area contributed by atoms with Crippen LogP contribution in [0.2, 0.25) is 0 Å². The van der Waals surface area contributed by atoms with E-state index in [1.807, 2.05) is 0 Å². The molecule has 4 rings (SSSR count). The highest BCUT2D eigenvalue weighted by Crippen LogP contribution is 2.40. The fourth-order valence-electron chi connectivity index (χ4n) is 4.70. The Morgan fingerprint density at radius 2 is 1.78 bits per heavy atom. The maximum Gasteiger partial charge on any atom is 0.0208 e. The van der Waals surface area contributed by atoms with E-state index in [-0.39, 0.29) is 0 Å². The number of likely N-dealkylation sites (tertiary alicyclic amines) is 1. The molecule has 23 heavy (non-hydrogen) atoms. The number of hydrogen-bond donors (Lipinski definition) is 1. The van der Waals surface area contributed by atoms with Gasteiger partial charge in [0.15, 0.2) is 0 Å². The quantitative estimate of drug-likeness (QED) is 0.852. The zero-order valence-corrected chi connectivity index (χ0v) is 14.6. The molecule has 1 heterocycles. The van der Waals surface area contributed by atoms with Crippen molar-refractivity contribution in [3.8, 4) is 0 Å². The first-order valence-corrected chi connectivity index (χ1v) is 9.77. The van der Waals surface area contributed by atoms with Crippen LogP contribution >= 0.6 is 0 Å². The van der Waals surface area contributed by atoms with Gasteiger partial charge < -0.3 is 5.32 Å². The van der Waals surface area contributed by atoms with E-state index >= 15 is 0 Å². The van der Waals surface area contributed by atoms with Crippen molar-refractivity contribution in [2.75, 3.05) is 13.1 Å². The predicted octanol–water partition coefficient (Wildman–Crippen LogP) is 4.07. The summed E-state index contributed by atoms with van der Waals surface area (Å²) in [6.07, 6.45) is 8.74. The summed E-state index contributed by atoms with van der Waals surface area (Å²) >= 11 is 0. The van der Waals surface area contributed by atoms with Crippen LogP contribution in [0.4, 0.5) is 0 Å². The number of nitrogens with zero attached hydrogens (tertiary/aromatic N) is 1. The summed E-state index contributed by atoms with van der Waals surface area (Å²) in [4.78, 5) is 2.83. The van der Waals surface area contributed by atoms with Crippen molar-refractivity contribution in [3.05, 3.63) is 35.9 Å². The van der Waals surface area contributed by atoms with Crippen molar-refractivity contribution in [1.29, 1.82) is 0 Å². The van der Waals surface area contributed by atoms with Crippen LogP contribution in [0.5, 0.6) is 0 Å². The van der Waals surface area contributed by atoms with Crippen LogP contribution in [0.15, 0.2) is 30.3 Å². The van der Waals surface area contributed by atoms with Crippen LogP contribution in [0.25, 0.3) is 0 Å². The van der Waals surface area contributed by atoms with E-state index < -0.39 is 0 Å². The predicted molar refractivity (Wildman–Crippen MR) is 96.3 cm³/mol. The molecule has 1 N–H and O–H groups in total. The summed E-state index contributed by atoms with van der Waals surface area (Å²) in [6.45, 7) is 6.08. The lowest BCUT2D eigenvalue weighted by molar-refractivity contribution is 0.0305. The molecule has 3 fully saturated rings. The third-order valence-electron chi connectivity index (χ3n) is 6.23. The van der Waals surface area contributed by atoms with Crippen molar-refractivity contribution in [2.24, 2.45) is 17.8 Å². The molecule has 2 atom stereocenters. The number of benzene rings is 1. The first-order chi connectivity index (χ1) is 11.3. The molecule has 0 radical (unpaired) electrons. The highest BCUT2D eigenvalue weighted by molar-refractivity contribution is 5.14. The molecule has 126 valence electrons. The van der Waals surface area contributed by atoms with Crippen molar-refractivity contribution < 1.29 is 0 Å². The van der Waals surface area contributed by atoms with E-state index in [1.165, 1.54) is 57.2 Å². The molecular formula is C21H32N2. The highest BCUT2D eigenvalue weighted by Gasteiger charge is 2.37. The summed E-state index contributed by atoms with van der Waals surface area (Å²) in [5.74, 6) is 2.95. The fraction of sp³-hybridized carbons (Fsp3) is 0.714. The van der Waals surface area contributed by atoms with Crippen molar-refractivity contribution in [1.82, 2.24) is 10.2 Å². The number of piperidine rings is 1. The van der Waals surface area contributed by atoms with Gasteiger partial charge in [0, 0.05) is 31.7 Å². The van der Waals surface area contributed by atoms with Crippen LogP contribution in [0, 0.1) is 17.8 Å². The molecule has 0 amide bonds. The lowest BCUT2D eigenvalue weighted by atomic mass is 9.78. The monoisotopic (exact) mass is 312 g/mol. The minimum absolute atomic E-state index is 0.684. The van der Waals surface area contributed by atoms with Crippen molar-refractivity contribution >= 4 is 0 Å². The molecule has 2 unspecified atom stereocenters. The molecule has 2 saturated carbocycles. The van der Waals surface area contributed by atoms with E-state index in [4.69, 9.17) is 0 Å². The van der Waals surface area contributed by atoms with Crippen LogP contribution in [0.1, 0.15) is 51.0 Å². The lowest BCUT2D eigenvalue weighted by Crippen LogP contribution is -2.55. The van der Waals surface area contributed by atoms with Gasteiger partial charge in [-0.15, -0.1) is 0 Å². The number of hydrogen-bond acceptors (Lipinski definition) is 2. The van der Waals surface area contributed by atoms with Gasteiger partial charge in [0.25, 0.3) is 0 Å². The molecule has 2 aliphatic carbocycles. The van der Waals surface area contributed by atoms with Gasteiger partial charge in [-0.1, -0.05) is 50.1 Å². The topological polar surface area (TPSA) is 15.3 Å². The second kappa shape index (κ2) is 6.94. The highest BCUT2D eigenvalue weighted by atomic mass is 15.2. The van der Waals surface area contributed by atoms with Gasteiger partial charge in [-0.3, -0.25) is 4.90 Å². The zero-order valence-electron chi connectivity index (χ0n) is 14.6. The Labute approximate surface area is 141 Å². The van der Waals surface area contributed by atoms with E-state index in [1.54, 1.807) is 0 Å². The molecule has 3 aliphatic rings. The Bertz CT molecular complexity index is 490. The third-order valence-corrected chi connectivity index (χ3v) is 6.23. The Morgan fingerprint density at radius 1 is 1.00 bits per heavy atom. The SMILES string of the molecule is CC1CC(N2CC(CC3CC3)CC(NCc3ccccc3)C2)C1. The van der Waals surface area contributed by atoms with Gasteiger partial charge in [-0.2, -0.15) is 0 Å². The normalized spacial score (nSPS) is 35.0. The largest absolute Gasteiger partial charge is 0.309 e. The Hall–Kier alpha value is -0.860. The minimum Gasteiger partial charge on any atom is -0.309 e. The lowest BCUT2D eigenvalue weighted by Gasteiger charge is -2.48. The van der Waals surface area contributed by atoms with Gasteiger partial charge in [0.2, 0.25) is 0 Å². The molecular weight excluding hydrogens is 280 g/mol. The van der Waals surface area contributed by atoms with Gasteiger partial charge in [0.1, 0.15) is 0 Å². The zero-order chi connectivity index (χ0) is 15.6. The smallest absolute Gasteiger partial charge is 0.0208 e. The molecule has 0 aromatic heterocycles. The number of rotatable bonds is 6. The first-order valence-electron chi connectivity index (χ1n) is 9.77. The Kier molecular flexibility index (Phi) is 4.73. The third kappa shape index (κ3) is 4.16. The average Bonchev–Trinajstić information content (AvgIpc) is 3.35. The van der Waals surface area contributed by atoms with Crippen LogP contribution in [-0.4, -0.2) is 30.1 Å². The summed E-state index contributed by atoms with van der Waals surface area (Å²) in [7, 11) is 0. The summed E-state index contributed by atoms with van der Waals surface area (Å²) in [5, 5.41) is 3.86. The van der Waals surface area contributed by atoms with E-state index in [0.717, 1.165) is 30.3 Å². The van der Waals surface area contributed by atoms with Gasteiger partial charge in [0.05, 0.1) is 0 Å². The Morgan fingerprint density at radius 3 is 2.48 bits per heavy atom. The van der Waals surface area contributed by atoms with E-state index in [2.05, 4.69) is 47.5 Å². The molecule has 0 bridgehead atoms. The van der Waals surface area contributed by atoms with Crippen LogP contribution < -0.4 is 5.32 Å². The molecule has 1 aromatic rings. The standard InChI is InChI=1S/C21H32N2/c1-16-9-21(10-16)23-14-19(11-17-7-8-17)12-20(15-23)22-13-18-5-3-2-4-6-18/h2-6,16-17,19-22H,7-15H2,1H3. The molecule has 1 aliphatic heterocycles. The fourth-order valence-corrected chi connectivity index (χ4v) is 4.70. The average molecular weight is 313 g/mol. The molecule has 2 heteroatoms. The minimum atomic E-state index is 0.684.